The van der Waals surface area contributed by atoms with E-state index in [2.05, 4.69) is 13.0 Å². The molecular weight excluding hydrogens is 252 g/mol. The molecule has 0 aliphatic rings. The average Bonchev–Trinajstić information content (AvgIpc) is 2.87. The van der Waals surface area contributed by atoms with E-state index >= 15 is 0 Å². The van der Waals surface area contributed by atoms with Crippen LogP contribution in [-0.2, 0) is 6.61 Å². The quantitative estimate of drug-likeness (QED) is 0.705. The zero-order chi connectivity index (χ0) is 13.9. The highest BCUT2D eigenvalue weighted by atomic mass is 16.5. The van der Waals surface area contributed by atoms with Crippen molar-refractivity contribution in [2.24, 2.45) is 0 Å². The average molecular weight is 268 g/mol. The Morgan fingerprint density at radius 1 is 1.05 bits per heavy atom. The first-order valence-corrected chi connectivity index (χ1v) is 6.50. The molecule has 1 aromatic heterocycles. The Balaban J connectivity index is 1.81. The van der Waals surface area contributed by atoms with Crippen molar-refractivity contribution in [1.82, 2.24) is 0 Å². The van der Waals surface area contributed by atoms with Crippen molar-refractivity contribution in [2.45, 2.75) is 13.5 Å². The lowest BCUT2D eigenvalue weighted by molar-refractivity contribution is 0.303. The topological polar surface area (TPSA) is 31.6 Å². The maximum Gasteiger partial charge on any atom is 0.134 e. The van der Waals surface area contributed by atoms with E-state index in [-0.39, 0.29) is 0 Å². The second-order valence-corrected chi connectivity index (χ2v) is 4.73. The minimum absolute atomic E-state index is 0.476. The molecule has 0 fully saturated rings. The lowest BCUT2D eigenvalue weighted by Crippen LogP contribution is -1.94. The number of rotatable bonds is 4. The summed E-state index contributed by atoms with van der Waals surface area (Å²) in [4.78, 5) is 0. The highest BCUT2D eigenvalue weighted by molar-refractivity contribution is 5.81. The lowest BCUT2D eigenvalue weighted by atomic mass is 10.1. The first-order chi connectivity index (χ1) is 9.76. The molecular formula is C17H16O3. The van der Waals surface area contributed by atoms with E-state index < -0.39 is 0 Å². The van der Waals surface area contributed by atoms with Crippen LogP contribution in [0.3, 0.4) is 0 Å². The van der Waals surface area contributed by atoms with Crippen LogP contribution in [0.1, 0.15) is 11.1 Å². The number of aryl methyl sites for hydroxylation is 1. The third kappa shape index (κ3) is 2.48. The van der Waals surface area contributed by atoms with Crippen molar-refractivity contribution in [2.75, 3.05) is 7.11 Å². The Morgan fingerprint density at radius 3 is 2.75 bits per heavy atom. The molecule has 102 valence electrons. The van der Waals surface area contributed by atoms with Crippen molar-refractivity contribution in [3.8, 4) is 11.5 Å². The lowest BCUT2D eigenvalue weighted by Gasteiger charge is -2.06. The molecule has 0 unspecified atom stereocenters. The molecule has 3 aromatic rings. The van der Waals surface area contributed by atoms with Crippen molar-refractivity contribution in [3.63, 3.8) is 0 Å². The van der Waals surface area contributed by atoms with Crippen LogP contribution in [0.5, 0.6) is 11.5 Å². The molecule has 0 N–H and O–H groups in total. The van der Waals surface area contributed by atoms with Crippen molar-refractivity contribution in [1.29, 1.82) is 0 Å². The predicted octanol–water partition coefficient (Wildman–Crippen LogP) is 4.33. The van der Waals surface area contributed by atoms with Crippen molar-refractivity contribution >= 4 is 11.0 Å². The molecule has 1 heterocycles. The van der Waals surface area contributed by atoms with Gasteiger partial charge in [0, 0.05) is 17.0 Å². The molecule has 0 saturated carbocycles. The van der Waals surface area contributed by atoms with Gasteiger partial charge in [0.2, 0.25) is 0 Å². The van der Waals surface area contributed by atoms with Crippen LogP contribution in [0.15, 0.2) is 53.1 Å². The van der Waals surface area contributed by atoms with E-state index in [1.807, 2.05) is 36.4 Å². The fourth-order valence-corrected chi connectivity index (χ4v) is 2.16. The summed E-state index contributed by atoms with van der Waals surface area (Å²) < 4.78 is 16.5. The fraction of sp³-hybridized carbons (Fsp3) is 0.176. The van der Waals surface area contributed by atoms with Gasteiger partial charge in [0.05, 0.1) is 13.4 Å². The highest BCUT2D eigenvalue weighted by Gasteiger charge is 2.07. The first-order valence-electron chi connectivity index (χ1n) is 6.50. The second-order valence-electron chi connectivity index (χ2n) is 4.73. The van der Waals surface area contributed by atoms with Gasteiger partial charge in [0.25, 0.3) is 0 Å². The first kappa shape index (κ1) is 12.6. The molecule has 0 bridgehead atoms. The van der Waals surface area contributed by atoms with Crippen LogP contribution in [0, 0.1) is 6.92 Å². The van der Waals surface area contributed by atoms with Gasteiger partial charge in [-0.15, -0.1) is 0 Å². The van der Waals surface area contributed by atoms with E-state index in [1.165, 1.54) is 5.56 Å². The fourth-order valence-electron chi connectivity index (χ4n) is 2.16. The molecule has 3 nitrogen and oxygen atoms in total. The molecule has 2 aromatic carbocycles. The van der Waals surface area contributed by atoms with Crippen molar-refractivity contribution in [3.05, 3.63) is 59.9 Å². The van der Waals surface area contributed by atoms with Crippen LogP contribution >= 0.6 is 0 Å². The van der Waals surface area contributed by atoms with Crippen LogP contribution in [0.25, 0.3) is 11.0 Å². The van der Waals surface area contributed by atoms with E-state index in [4.69, 9.17) is 13.9 Å². The Kier molecular flexibility index (Phi) is 3.33. The summed E-state index contributed by atoms with van der Waals surface area (Å²) in [6.45, 7) is 2.54. The van der Waals surface area contributed by atoms with Crippen molar-refractivity contribution < 1.29 is 13.9 Å². The summed E-state index contributed by atoms with van der Waals surface area (Å²) in [7, 11) is 1.64. The van der Waals surface area contributed by atoms with E-state index in [1.54, 1.807) is 13.4 Å². The number of furan rings is 1. The maximum atomic E-state index is 5.80. The summed E-state index contributed by atoms with van der Waals surface area (Å²) in [5.74, 6) is 1.57. The Labute approximate surface area is 117 Å². The maximum absolute atomic E-state index is 5.80. The summed E-state index contributed by atoms with van der Waals surface area (Å²) >= 11 is 0. The smallest absolute Gasteiger partial charge is 0.134 e. The van der Waals surface area contributed by atoms with Gasteiger partial charge in [-0.1, -0.05) is 17.7 Å². The largest absolute Gasteiger partial charge is 0.497 e. The monoisotopic (exact) mass is 268 g/mol. The van der Waals surface area contributed by atoms with Crippen LogP contribution in [0.2, 0.25) is 0 Å². The Bertz CT molecular complexity index is 728. The minimum Gasteiger partial charge on any atom is -0.497 e. The molecule has 20 heavy (non-hydrogen) atoms. The minimum atomic E-state index is 0.476. The zero-order valence-corrected chi connectivity index (χ0v) is 11.6. The van der Waals surface area contributed by atoms with E-state index in [9.17, 15) is 0 Å². The number of benzene rings is 2. The molecule has 0 atom stereocenters. The van der Waals surface area contributed by atoms with Gasteiger partial charge in [-0.2, -0.15) is 0 Å². The van der Waals surface area contributed by atoms with Gasteiger partial charge in [-0.05, 0) is 31.2 Å². The Morgan fingerprint density at radius 2 is 1.90 bits per heavy atom. The van der Waals surface area contributed by atoms with Crippen LogP contribution in [0.4, 0.5) is 0 Å². The van der Waals surface area contributed by atoms with Crippen LogP contribution < -0.4 is 9.47 Å². The van der Waals surface area contributed by atoms with Gasteiger partial charge >= 0.3 is 0 Å². The summed E-state index contributed by atoms with van der Waals surface area (Å²) in [6, 6.07) is 13.7. The molecule has 0 saturated heterocycles. The molecule has 0 amide bonds. The third-order valence-electron chi connectivity index (χ3n) is 3.24. The summed E-state index contributed by atoms with van der Waals surface area (Å²) in [6.07, 6.45) is 1.75. The normalized spacial score (nSPS) is 10.7. The predicted molar refractivity (Wildman–Crippen MR) is 78.3 cm³/mol. The van der Waals surface area contributed by atoms with Gasteiger partial charge in [0.1, 0.15) is 23.7 Å². The molecule has 0 aliphatic heterocycles. The number of fused-ring (bicyclic) bond motifs is 1. The SMILES string of the molecule is COc1cccc(OCc2coc3ccc(C)cc23)c1. The molecule has 3 heteroatoms. The number of hydrogen-bond acceptors (Lipinski definition) is 3. The standard InChI is InChI=1S/C17H16O3/c1-12-6-7-17-16(8-12)13(11-20-17)10-19-15-5-3-4-14(9-15)18-2/h3-9,11H,10H2,1-2H3. The molecule has 0 radical (unpaired) electrons. The van der Waals surface area contributed by atoms with Gasteiger partial charge in [-0.25, -0.2) is 0 Å². The highest BCUT2D eigenvalue weighted by Crippen LogP contribution is 2.25. The second kappa shape index (κ2) is 5.29. The number of ether oxygens (including phenoxy) is 2. The van der Waals surface area contributed by atoms with Crippen LogP contribution in [-0.4, -0.2) is 7.11 Å². The zero-order valence-electron chi connectivity index (χ0n) is 11.6. The van der Waals surface area contributed by atoms with E-state index in [0.717, 1.165) is 28.0 Å². The Hall–Kier alpha value is -2.42. The van der Waals surface area contributed by atoms with Gasteiger partial charge < -0.3 is 13.9 Å². The summed E-state index contributed by atoms with van der Waals surface area (Å²) in [5, 5.41) is 1.10. The van der Waals surface area contributed by atoms with E-state index in [0.29, 0.717) is 6.61 Å². The van der Waals surface area contributed by atoms with Gasteiger partial charge in [-0.3, -0.25) is 0 Å². The molecule has 0 spiro atoms. The molecule has 0 aliphatic carbocycles. The third-order valence-corrected chi connectivity index (χ3v) is 3.24. The number of methoxy groups -OCH3 is 1. The van der Waals surface area contributed by atoms with Gasteiger partial charge in [0.15, 0.2) is 0 Å². The molecule has 3 rings (SSSR count). The summed E-state index contributed by atoms with van der Waals surface area (Å²) in [5.41, 5.74) is 3.15. The number of hydrogen-bond donors (Lipinski definition) is 0.